The van der Waals surface area contributed by atoms with E-state index < -0.39 is 0 Å². The van der Waals surface area contributed by atoms with Gasteiger partial charge in [0.2, 0.25) is 0 Å². The fourth-order valence-corrected chi connectivity index (χ4v) is 2.11. The molecule has 0 spiro atoms. The van der Waals surface area contributed by atoms with E-state index in [1.807, 2.05) is 43.5 Å². The number of aliphatic hydroxyl groups excluding tert-OH is 1. The topological polar surface area (TPSA) is 42.2 Å². The quantitative estimate of drug-likeness (QED) is 0.879. The summed E-state index contributed by atoms with van der Waals surface area (Å²) in [4.78, 5) is 12.2. The summed E-state index contributed by atoms with van der Waals surface area (Å²) in [5, 5.41) is 11.2. The second-order valence-electron chi connectivity index (χ2n) is 4.61. The molecule has 0 radical (unpaired) electrons. The number of rotatable bonds is 5. The van der Waals surface area contributed by atoms with Crippen LogP contribution in [0.15, 0.2) is 41.3 Å². The van der Waals surface area contributed by atoms with E-state index in [9.17, 15) is 9.90 Å². The van der Waals surface area contributed by atoms with Crippen LogP contribution in [0.4, 0.5) is 0 Å². The molecule has 0 saturated carbocycles. The molecule has 0 aliphatic carbocycles. The second-order valence-corrected chi connectivity index (χ2v) is 4.61. The first kappa shape index (κ1) is 12.8. The van der Waals surface area contributed by atoms with Gasteiger partial charge in [-0.05, 0) is 36.8 Å². The lowest BCUT2D eigenvalue weighted by molar-refractivity contribution is 0.155. The van der Waals surface area contributed by atoms with Crippen molar-refractivity contribution in [1.29, 1.82) is 0 Å². The molecule has 3 heteroatoms. The van der Waals surface area contributed by atoms with Crippen LogP contribution < -0.4 is 5.56 Å². The maximum atomic E-state index is 12.2. The average Bonchev–Trinajstić information content (AvgIpc) is 2.41. The van der Waals surface area contributed by atoms with Gasteiger partial charge in [-0.15, -0.1) is 0 Å². The SMILES string of the molecule is CCC(O)CCCn1ccc2ccccc2c1=O. The van der Waals surface area contributed by atoms with Crippen LogP contribution in [-0.4, -0.2) is 15.8 Å². The molecule has 1 heterocycles. The summed E-state index contributed by atoms with van der Waals surface area (Å²) in [5.74, 6) is 0. The number of aliphatic hydroxyl groups is 1. The first-order chi connectivity index (χ1) is 8.72. The number of aromatic nitrogens is 1. The van der Waals surface area contributed by atoms with E-state index in [1.165, 1.54) is 0 Å². The molecule has 1 N–H and O–H groups in total. The Morgan fingerprint density at radius 2 is 2.06 bits per heavy atom. The number of nitrogens with zero attached hydrogens (tertiary/aromatic N) is 1. The van der Waals surface area contributed by atoms with Crippen molar-refractivity contribution in [1.82, 2.24) is 4.57 Å². The maximum Gasteiger partial charge on any atom is 0.258 e. The van der Waals surface area contributed by atoms with Crippen molar-refractivity contribution < 1.29 is 5.11 Å². The highest BCUT2D eigenvalue weighted by atomic mass is 16.3. The molecule has 0 aliphatic rings. The minimum atomic E-state index is -0.249. The van der Waals surface area contributed by atoms with Crippen molar-refractivity contribution in [2.75, 3.05) is 0 Å². The van der Waals surface area contributed by atoms with Crippen molar-refractivity contribution in [3.63, 3.8) is 0 Å². The molecule has 0 bridgehead atoms. The largest absolute Gasteiger partial charge is 0.393 e. The second kappa shape index (κ2) is 5.83. The van der Waals surface area contributed by atoms with Crippen LogP contribution in [0.25, 0.3) is 10.8 Å². The Bertz CT molecular complexity index is 574. The standard InChI is InChI=1S/C15H19NO2/c1-2-13(17)7-5-10-16-11-9-12-6-3-4-8-14(12)15(16)18/h3-4,6,8-9,11,13,17H,2,5,7,10H2,1H3. The Morgan fingerprint density at radius 3 is 2.83 bits per heavy atom. The molecule has 18 heavy (non-hydrogen) atoms. The number of benzene rings is 1. The smallest absolute Gasteiger partial charge is 0.258 e. The predicted octanol–water partition coefficient (Wildman–Crippen LogP) is 2.55. The van der Waals surface area contributed by atoms with E-state index in [4.69, 9.17) is 0 Å². The van der Waals surface area contributed by atoms with Gasteiger partial charge in [0, 0.05) is 18.1 Å². The summed E-state index contributed by atoms with van der Waals surface area (Å²) in [6.45, 7) is 2.63. The van der Waals surface area contributed by atoms with Crippen molar-refractivity contribution in [3.05, 3.63) is 46.9 Å². The molecule has 0 fully saturated rings. The van der Waals surface area contributed by atoms with E-state index in [0.29, 0.717) is 6.54 Å². The Balaban J connectivity index is 2.14. The monoisotopic (exact) mass is 245 g/mol. The van der Waals surface area contributed by atoms with Crippen molar-refractivity contribution in [2.45, 2.75) is 38.8 Å². The number of aryl methyl sites for hydroxylation is 1. The number of pyridine rings is 1. The summed E-state index contributed by atoms with van der Waals surface area (Å²) in [6.07, 6.45) is 3.93. The highest BCUT2D eigenvalue weighted by Crippen LogP contribution is 2.09. The predicted molar refractivity (Wildman–Crippen MR) is 73.7 cm³/mol. The van der Waals surface area contributed by atoms with Gasteiger partial charge in [0.15, 0.2) is 0 Å². The number of hydrogen-bond donors (Lipinski definition) is 1. The van der Waals surface area contributed by atoms with E-state index >= 15 is 0 Å². The molecule has 0 amide bonds. The summed E-state index contributed by atoms with van der Waals surface area (Å²) < 4.78 is 1.73. The van der Waals surface area contributed by atoms with Crippen LogP contribution in [0, 0.1) is 0 Å². The molecule has 2 rings (SSSR count). The van der Waals surface area contributed by atoms with E-state index in [1.54, 1.807) is 4.57 Å². The maximum absolute atomic E-state index is 12.2. The van der Waals surface area contributed by atoms with Crippen molar-refractivity contribution in [3.8, 4) is 0 Å². The molecule has 96 valence electrons. The molecule has 0 aliphatic heterocycles. The number of fused-ring (bicyclic) bond motifs is 1. The van der Waals surface area contributed by atoms with Gasteiger partial charge in [0.05, 0.1) is 6.10 Å². The van der Waals surface area contributed by atoms with Gasteiger partial charge in [-0.3, -0.25) is 4.79 Å². The van der Waals surface area contributed by atoms with Crippen LogP contribution in [-0.2, 0) is 6.54 Å². The van der Waals surface area contributed by atoms with Gasteiger partial charge in [0.1, 0.15) is 0 Å². The summed E-state index contributed by atoms with van der Waals surface area (Å²) in [5.41, 5.74) is 0.0547. The van der Waals surface area contributed by atoms with Crippen LogP contribution in [0.5, 0.6) is 0 Å². The molecular weight excluding hydrogens is 226 g/mol. The fraction of sp³-hybridized carbons (Fsp3) is 0.400. The molecule has 3 nitrogen and oxygen atoms in total. The van der Waals surface area contributed by atoms with Gasteiger partial charge in [-0.1, -0.05) is 25.1 Å². The Hall–Kier alpha value is -1.61. The van der Waals surface area contributed by atoms with E-state index in [2.05, 4.69) is 0 Å². The zero-order valence-corrected chi connectivity index (χ0v) is 10.7. The third kappa shape index (κ3) is 2.79. The van der Waals surface area contributed by atoms with Crippen LogP contribution in [0.2, 0.25) is 0 Å². The molecule has 0 saturated heterocycles. The zero-order valence-electron chi connectivity index (χ0n) is 10.7. The molecule has 2 aromatic rings. The fourth-order valence-electron chi connectivity index (χ4n) is 2.11. The lowest BCUT2D eigenvalue weighted by atomic mass is 10.1. The third-order valence-electron chi connectivity index (χ3n) is 3.29. The summed E-state index contributed by atoms with van der Waals surface area (Å²) in [6, 6.07) is 9.59. The Kier molecular flexibility index (Phi) is 4.15. The highest BCUT2D eigenvalue weighted by Gasteiger charge is 2.04. The Labute approximate surface area is 107 Å². The average molecular weight is 245 g/mol. The van der Waals surface area contributed by atoms with Crippen LogP contribution >= 0.6 is 0 Å². The summed E-state index contributed by atoms with van der Waals surface area (Å²) >= 11 is 0. The first-order valence-electron chi connectivity index (χ1n) is 6.48. The molecule has 1 unspecified atom stereocenters. The van der Waals surface area contributed by atoms with E-state index in [0.717, 1.165) is 30.0 Å². The van der Waals surface area contributed by atoms with Gasteiger partial charge >= 0.3 is 0 Å². The van der Waals surface area contributed by atoms with Crippen molar-refractivity contribution in [2.24, 2.45) is 0 Å². The molecule has 1 aromatic heterocycles. The lowest BCUT2D eigenvalue weighted by Crippen LogP contribution is -2.20. The van der Waals surface area contributed by atoms with Crippen LogP contribution in [0.1, 0.15) is 26.2 Å². The van der Waals surface area contributed by atoms with Gasteiger partial charge < -0.3 is 9.67 Å². The molecule has 1 aromatic carbocycles. The zero-order chi connectivity index (χ0) is 13.0. The summed E-state index contributed by atoms with van der Waals surface area (Å²) in [7, 11) is 0. The first-order valence-corrected chi connectivity index (χ1v) is 6.48. The van der Waals surface area contributed by atoms with Crippen molar-refractivity contribution >= 4 is 10.8 Å². The van der Waals surface area contributed by atoms with Gasteiger partial charge in [-0.2, -0.15) is 0 Å². The van der Waals surface area contributed by atoms with Gasteiger partial charge in [0.25, 0.3) is 5.56 Å². The minimum Gasteiger partial charge on any atom is -0.393 e. The number of hydrogen-bond acceptors (Lipinski definition) is 2. The normalized spacial score (nSPS) is 12.8. The molecular formula is C15H19NO2. The Morgan fingerprint density at radius 1 is 1.28 bits per heavy atom. The minimum absolute atomic E-state index is 0.0547. The third-order valence-corrected chi connectivity index (χ3v) is 3.29. The van der Waals surface area contributed by atoms with Gasteiger partial charge in [-0.25, -0.2) is 0 Å². The highest BCUT2D eigenvalue weighted by molar-refractivity contribution is 5.81. The van der Waals surface area contributed by atoms with E-state index in [-0.39, 0.29) is 11.7 Å². The molecule has 1 atom stereocenters. The van der Waals surface area contributed by atoms with Crippen LogP contribution in [0.3, 0.4) is 0 Å². The lowest BCUT2D eigenvalue weighted by Gasteiger charge is -2.09.